The molecule has 0 aliphatic rings. The van der Waals surface area contributed by atoms with Gasteiger partial charge in [-0.15, -0.1) is 0 Å². The third-order valence-corrected chi connectivity index (χ3v) is 1.74. The van der Waals surface area contributed by atoms with Gasteiger partial charge in [-0.2, -0.15) is 0 Å². The fourth-order valence-electron chi connectivity index (χ4n) is 1.07. The summed E-state index contributed by atoms with van der Waals surface area (Å²) < 4.78 is 22.6. The van der Waals surface area contributed by atoms with E-state index < -0.39 is 36.9 Å². The van der Waals surface area contributed by atoms with Crippen molar-refractivity contribution in [2.75, 3.05) is 13.7 Å². The highest BCUT2D eigenvalue weighted by Gasteiger charge is 2.31. The molecule has 0 saturated carbocycles. The Balaban J connectivity index is 4.54. The van der Waals surface area contributed by atoms with Gasteiger partial charge in [0.15, 0.2) is 12.3 Å². The summed E-state index contributed by atoms with van der Waals surface area (Å²) in [4.78, 5) is 24.7. The van der Waals surface area contributed by atoms with Crippen molar-refractivity contribution in [3.8, 4) is 0 Å². The number of carbonyl (C=O) groups excluding carboxylic acids is 2. The molecule has 0 saturated heterocycles. The predicted octanol–water partition coefficient (Wildman–Crippen LogP) is -0.119. The number of aliphatic hydroxyl groups is 1. The second kappa shape index (κ2) is 7.72. The first-order valence-electron chi connectivity index (χ1n) is 4.93. The molecule has 0 aromatic carbocycles. The second-order valence-electron chi connectivity index (χ2n) is 3.30. The summed E-state index contributed by atoms with van der Waals surface area (Å²) in [5.41, 5.74) is 0. The van der Waals surface area contributed by atoms with Gasteiger partial charge in [0.25, 0.3) is 0 Å². The number of hydrogen-bond donors (Lipinski definition) is 1. The molecule has 1 N–H and O–H groups in total. The number of esters is 2. The van der Waals surface area contributed by atoms with Gasteiger partial charge in [0, 0.05) is 27.1 Å². The number of carbonyl (C=O) groups is 2. The molecule has 7 heteroatoms. The topological polar surface area (TPSA) is 85.2 Å². The Hall–Kier alpha value is -1.50. The van der Waals surface area contributed by atoms with E-state index in [4.69, 9.17) is 0 Å². The van der Waals surface area contributed by atoms with Gasteiger partial charge in [-0.3, -0.25) is 14.6 Å². The molecular weight excluding hydrogens is 233 g/mol. The number of aliphatic imine (C=N–C) groups is 1. The van der Waals surface area contributed by atoms with Crippen molar-refractivity contribution in [3.63, 3.8) is 0 Å². The maximum absolute atomic E-state index is 13.5. The van der Waals surface area contributed by atoms with E-state index in [-0.39, 0.29) is 0 Å². The van der Waals surface area contributed by atoms with Crippen molar-refractivity contribution in [3.05, 3.63) is 0 Å². The summed E-state index contributed by atoms with van der Waals surface area (Å²) in [6.45, 7) is 1.78. The monoisotopic (exact) mass is 249 g/mol. The predicted molar refractivity (Wildman–Crippen MR) is 57.5 cm³/mol. The molecule has 0 radical (unpaired) electrons. The molecule has 0 aromatic rings. The first kappa shape index (κ1) is 15.5. The van der Waals surface area contributed by atoms with E-state index in [1.807, 2.05) is 0 Å². The molecule has 0 amide bonds. The van der Waals surface area contributed by atoms with E-state index in [0.717, 1.165) is 20.1 Å². The quantitative estimate of drug-likeness (QED) is 0.524. The molecule has 0 unspecified atom stereocenters. The summed E-state index contributed by atoms with van der Waals surface area (Å²) in [5.74, 6) is -1.37. The Morgan fingerprint density at radius 1 is 1.41 bits per heavy atom. The van der Waals surface area contributed by atoms with Crippen molar-refractivity contribution in [2.45, 2.75) is 32.2 Å². The second-order valence-corrected chi connectivity index (χ2v) is 3.30. The SMILES string of the molecule is C/N=C/[C@@H](F)[C@H](OC(C)=O)[C@H](O)COC(C)=O. The lowest BCUT2D eigenvalue weighted by molar-refractivity contribution is -0.161. The average Bonchev–Trinajstić information content (AvgIpc) is 2.22. The fraction of sp³-hybridized carbons (Fsp3) is 0.700. The van der Waals surface area contributed by atoms with Crippen LogP contribution in [0.25, 0.3) is 0 Å². The molecule has 98 valence electrons. The first-order valence-corrected chi connectivity index (χ1v) is 4.93. The number of nitrogens with zero attached hydrogens (tertiary/aromatic N) is 1. The highest BCUT2D eigenvalue weighted by Crippen LogP contribution is 2.09. The van der Waals surface area contributed by atoms with E-state index in [1.165, 1.54) is 7.05 Å². The fourth-order valence-corrected chi connectivity index (χ4v) is 1.07. The summed E-state index contributed by atoms with van der Waals surface area (Å²) in [5, 5.41) is 9.55. The lowest BCUT2D eigenvalue weighted by Crippen LogP contribution is -2.42. The van der Waals surface area contributed by atoms with Gasteiger partial charge in [-0.05, 0) is 0 Å². The minimum absolute atomic E-state index is 0.453. The Morgan fingerprint density at radius 2 is 2.00 bits per heavy atom. The molecule has 0 aliphatic heterocycles. The molecule has 0 spiro atoms. The maximum Gasteiger partial charge on any atom is 0.303 e. The molecule has 0 bridgehead atoms. The number of aliphatic hydroxyl groups excluding tert-OH is 1. The van der Waals surface area contributed by atoms with Crippen molar-refractivity contribution in [1.29, 1.82) is 0 Å². The lowest BCUT2D eigenvalue weighted by Gasteiger charge is -2.23. The van der Waals surface area contributed by atoms with Crippen LogP contribution in [0.3, 0.4) is 0 Å². The van der Waals surface area contributed by atoms with Gasteiger partial charge >= 0.3 is 11.9 Å². The Morgan fingerprint density at radius 3 is 2.41 bits per heavy atom. The number of alkyl halides is 1. The summed E-state index contributed by atoms with van der Waals surface area (Å²) in [7, 11) is 1.34. The van der Waals surface area contributed by atoms with Crippen molar-refractivity contribution in [2.24, 2.45) is 4.99 Å². The zero-order valence-electron chi connectivity index (χ0n) is 9.92. The molecule has 0 aliphatic carbocycles. The molecule has 0 aromatic heterocycles. The Labute approximate surface area is 98.4 Å². The van der Waals surface area contributed by atoms with Crippen LogP contribution in [0.4, 0.5) is 4.39 Å². The van der Waals surface area contributed by atoms with Gasteiger partial charge in [-0.25, -0.2) is 4.39 Å². The summed E-state index contributed by atoms with van der Waals surface area (Å²) in [6.07, 6.45) is -3.77. The van der Waals surface area contributed by atoms with Crippen LogP contribution in [0.15, 0.2) is 4.99 Å². The Bertz CT molecular complexity index is 294. The highest BCUT2D eigenvalue weighted by atomic mass is 19.1. The van der Waals surface area contributed by atoms with Crippen LogP contribution in [0, 0.1) is 0 Å². The molecule has 0 heterocycles. The minimum atomic E-state index is -1.77. The van der Waals surface area contributed by atoms with Crippen LogP contribution in [-0.4, -0.2) is 55.3 Å². The summed E-state index contributed by atoms with van der Waals surface area (Å²) in [6, 6.07) is 0. The van der Waals surface area contributed by atoms with Gasteiger partial charge in [0.2, 0.25) is 0 Å². The lowest BCUT2D eigenvalue weighted by atomic mass is 10.1. The van der Waals surface area contributed by atoms with Gasteiger partial charge in [0.1, 0.15) is 12.7 Å². The van der Waals surface area contributed by atoms with Crippen molar-refractivity contribution >= 4 is 18.2 Å². The van der Waals surface area contributed by atoms with E-state index >= 15 is 0 Å². The largest absolute Gasteiger partial charge is 0.463 e. The van der Waals surface area contributed by atoms with E-state index in [9.17, 15) is 19.1 Å². The molecule has 6 nitrogen and oxygen atoms in total. The van der Waals surface area contributed by atoms with Crippen LogP contribution in [-0.2, 0) is 19.1 Å². The number of halogens is 1. The number of rotatable bonds is 6. The van der Waals surface area contributed by atoms with Crippen molar-refractivity contribution < 1.29 is 28.6 Å². The Kier molecular flexibility index (Phi) is 7.04. The molecule has 0 rings (SSSR count). The van der Waals surface area contributed by atoms with Gasteiger partial charge in [-0.1, -0.05) is 0 Å². The van der Waals surface area contributed by atoms with Crippen LogP contribution >= 0.6 is 0 Å². The van der Waals surface area contributed by atoms with Crippen LogP contribution in [0.1, 0.15) is 13.8 Å². The van der Waals surface area contributed by atoms with Crippen LogP contribution in [0.5, 0.6) is 0 Å². The summed E-state index contributed by atoms with van der Waals surface area (Å²) >= 11 is 0. The smallest absolute Gasteiger partial charge is 0.303 e. The molecule has 17 heavy (non-hydrogen) atoms. The zero-order chi connectivity index (χ0) is 13.4. The zero-order valence-corrected chi connectivity index (χ0v) is 9.92. The maximum atomic E-state index is 13.5. The molecule has 0 fully saturated rings. The normalized spacial score (nSPS) is 16.3. The highest BCUT2D eigenvalue weighted by molar-refractivity contribution is 5.69. The van der Waals surface area contributed by atoms with E-state index in [1.54, 1.807) is 0 Å². The van der Waals surface area contributed by atoms with Gasteiger partial charge in [0.05, 0.1) is 0 Å². The third kappa shape index (κ3) is 6.62. The molecular formula is C10H16FNO5. The third-order valence-electron chi connectivity index (χ3n) is 1.74. The average molecular weight is 249 g/mol. The standard InChI is InChI=1S/C10H16FNO5/c1-6(13)16-5-9(15)10(17-7(2)14)8(11)4-12-3/h4,8-10,15H,5H2,1-3H3/b12-4+/t8-,9-,10+/m1/s1. The first-order chi connectivity index (χ1) is 7.88. The minimum Gasteiger partial charge on any atom is -0.463 e. The van der Waals surface area contributed by atoms with Crippen molar-refractivity contribution in [1.82, 2.24) is 0 Å². The van der Waals surface area contributed by atoms with E-state index in [0.29, 0.717) is 0 Å². The van der Waals surface area contributed by atoms with E-state index in [2.05, 4.69) is 14.5 Å². The van der Waals surface area contributed by atoms with Crippen LogP contribution < -0.4 is 0 Å². The van der Waals surface area contributed by atoms with Gasteiger partial charge < -0.3 is 14.6 Å². The molecule has 3 atom stereocenters. The van der Waals surface area contributed by atoms with Crippen LogP contribution in [0.2, 0.25) is 0 Å². The number of ether oxygens (including phenoxy) is 2. The number of hydrogen-bond acceptors (Lipinski definition) is 6.